The number of carbonyl (C=O) groups is 2. The molecule has 0 saturated heterocycles. The van der Waals surface area contributed by atoms with Gasteiger partial charge in [0.25, 0.3) is 5.91 Å². The van der Waals surface area contributed by atoms with Gasteiger partial charge in [-0.05, 0) is 42.7 Å². The predicted octanol–water partition coefficient (Wildman–Crippen LogP) is 3.42. The predicted molar refractivity (Wildman–Crippen MR) is 109 cm³/mol. The fraction of sp³-hybridized carbons (Fsp3) is 0.333. The maximum atomic E-state index is 12.9. The second-order valence-corrected chi connectivity index (χ2v) is 7.29. The Morgan fingerprint density at radius 1 is 1.04 bits per heavy atom. The maximum absolute atomic E-state index is 12.9. The van der Waals surface area contributed by atoms with E-state index in [1.54, 1.807) is 25.3 Å². The van der Waals surface area contributed by atoms with E-state index < -0.39 is 5.41 Å². The van der Waals surface area contributed by atoms with Crippen LogP contribution >= 0.6 is 11.6 Å². The highest BCUT2D eigenvalue weighted by molar-refractivity contribution is 6.30. The van der Waals surface area contributed by atoms with Crippen molar-refractivity contribution in [1.82, 2.24) is 10.9 Å². The summed E-state index contributed by atoms with van der Waals surface area (Å²) in [6.45, 7) is 0.00853. The summed E-state index contributed by atoms with van der Waals surface area (Å²) in [6.07, 6.45) is 3.43. The summed E-state index contributed by atoms with van der Waals surface area (Å²) in [6, 6.07) is 14.7. The first-order valence-corrected chi connectivity index (χ1v) is 9.65. The van der Waals surface area contributed by atoms with Crippen LogP contribution < -0.4 is 20.9 Å². The molecule has 2 aromatic carbocycles. The summed E-state index contributed by atoms with van der Waals surface area (Å²) in [5, 5.41) is 3.63. The van der Waals surface area contributed by atoms with Crippen molar-refractivity contribution in [2.24, 2.45) is 0 Å². The number of para-hydroxylation sites is 2. The van der Waals surface area contributed by atoms with Gasteiger partial charge in [-0.3, -0.25) is 20.4 Å². The largest absolute Gasteiger partial charge is 0.495 e. The summed E-state index contributed by atoms with van der Waals surface area (Å²) >= 11 is 5.98. The Balaban J connectivity index is 1.59. The van der Waals surface area contributed by atoms with Crippen LogP contribution in [0.3, 0.4) is 0 Å². The molecule has 1 saturated carbocycles. The average molecular weight is 402 g/mol. The number of ether oxygens (including phenoxy) is 1. The summed E-state index contributed by atoms with van der Waals surface area (Å²) < 4.78 is 5.24. The molecule has 0 heterocycles. The Labute approximate surface area is 169 Å². The standard InChI is InChI=1S/C21H24ClN3O3/c1-28-18-7-3-2-6-17(18)23-14-19(26)24-25-20(27)21(12-4-5-13-21)15-8-10-16(22)11-9-15/h2-3,6-11,23H,4-5,12-14H2,1H3,(H,24,26)(H,25,27). The normalized spacial score (nSPS) is 14.9. The first-order chi connectivity index (χ1) is 13.5. The number of hydrazine groups is 1. The molecule has 28 heavy (non-hydrogen) atoms. The number of nitrogens with one attached hydrogen (secondary N) is 3. The van der Waals surface area contributed by atoms with Crippen LogP contribution in [0.25, 0.3) is 0 Å². The van der Waals surface area contributed by atoms with Gasteiger partial charge in [0.15, 0.2) is 0 Å². The molecule has 7 heteroatoms. The molecular formula is C21H24ClN3O3. The average Bonchev–Trinajstić information content (AvgIpc) is 3.22. The molecule has 2 amide bonds. The van der Waals surface area contributed by atoms with E-state index in [0.717, 1.165) is 31.2 Å². The smallest absolute Gasteiger partial charge is 0.257 e. The molecule has 0 aromatic heterocycles. The monoisotopic (exact) mass is 401 g/mol. The maximum Gasteiger partial charge on any atom is 0.257 e. The third-order valence-corrected chi connectivity index (χ3v) is 5.40. The molecule has 148 valence electrons. The van der Waals surface area contributed by atoms with Gasteiger partial charge >= 0.3 is 0 Å². The van der Waals surface area contributed by atoms with E-state index in [1.165, 1.54) is 0 Å². The van der Waals surface area contributed by atoms with E-state index in [-0.39, 0.29) is 18.4 Å². The molecule has 0 unspecified atom stereocenters. The van der Waals surface area contributed by atoms with Crippen molar-refractivity contribution in [2.45, 2.75) is 31.1 Å². The van der Waals surface area contributed by atoms with Gasteiger partial charge in [0.1, 0.15) is 5.75 Å². The summed E-state index contributed by atoms with van der Waals surface area (Å²) in [5.74, 6) is 0.105. The third kappa shape index (κ3) is 4.39. The van der Waals surface area contributed by atoms with Crippen LogP contribution in [-0.4, -0.2) is 25.5 Å². The Hall–Kier alpha value is -2.73. The second kappa shape index (κ2) is 8.97. The molecule has 6 nitrogen and oxygen atoms in total. The van der Waals surface area contributed by atoms with E-state index in [4.69, 9.17) is 16.3 Å². The highest BCUT2D eigenvalue weighted by atomic mass is 35.5. The van der Waals surface area contributed by atoms with Gasteiger partial charge in [-0.1, -0.05) is 48.7 Å². The van der Waals surface area contributed by atoms with Gasteiger partial charge in [0, 0.05) is 5.02 Å². The zero-order valence-corrected chi connectivity index (χ0v) is 16.5. The van der Waals surface area contributed by atoms with E-state index >= 15 is 0 Å². The number of halogens is 1. The van der Waals surface area contributed by atoms with Gasteiger partial charge in [-0.15, -0.1) is 0 Å². The van der Waals surface area contributed by atoms with Gasteiger partial charge in [0.2, 0.25) is 5.91 Å². The fourth-order valence-electron chi connectivity index (χ4n) is 3.65. The lowest BCUT2D eigenvalue weighted by Crippen LogP contribution is -2.51. The molecule has 0 spiro atoms. The Morgan fingerprint density at radius 3 is 2.39 bits per heavy atom. The van der Waals surface area contributed by atoms with Crippen LogP contribution in [0.2, 0.25) is 5.02 Å². The van der Waals surface area contributed by atoms with Crippen molar-refractivity contribution < 1.29 is 14.3 Å². The Morgan fingerprint density at radius 2 is 1.71 bits per heavy atom. The van der Waals surface area contributed by atoms with Crippen molar-refractivity contribution >= 4 is 29.1 Å². The van der Waals surface area contributed by atoms with E-state index in [2.05, 4.69) is 16.2 Å². The fourth-order valence-corrected chi connectivity index (χ4v) is 3.78. The number of methoxy groups -OCH3 is 1. The van der Waals surface area contributed by atoms with Crippen LogP contribution in [0.1, 0.15) is 31.2 Å². The minimum Gasteiger partial charge on any atom is -0.495 e. The molecule has 1 fully saturated rings. The third-order valence-electron chi connectivity index (χ3n) is 5.15. The number of rotatable bonds is 6. The molecule has 2 aromatic rings. The quantitative estimate of drug-likeness (QED) is 0.648. The first kappa shape index (κ1) is 20.0. The lowest BCUT2D eigenvalue weighted by atomic mass is 9.78. The zero-order chi connectivity index (χ0) is 20.0. The molecule has 0 atom stereocenters. The van der Waals surface area contributed by atoms with Crippen molar-refractivity contribution in [2.75, 3.05) is 19.0 Å². The summed E-state index contributed by atoms with van der Waals surface area (Å²) in [4.78, 5) is 25.1. The Bertz CT molecular complexity index is 833. The van der Waals surface area contributed by atoms with Crippen LogP contribution in [0.4, 0.5) is 5.69 Å². The van der Waals surface area contributed by atoms with Gasteiger partial charge in [0.05, 0.1) is 24.8 Å². The van der Waals surface area contributed by atoms with Gasteiger partial charge in [-0.2, -0.15) is 0 Å². The van der Waals surface area contributed by atoms with E-state index in [9.17, 15) is 9.59 Å². The second-order valence-electron chi connectivity index (χ2n) is 6.85. The topological polar surface area (TPSA) is 79.5 Å². The summed E-state index contributed by atoms with van der Waals surface area (Å²) in [7, 11) is 1.57. The molecule has 0 aliphatic heterocycles. The highest BCUT2D eigenvalue weighted by Crippen LogP contribution is 2.41. The van der Waals surface area contributed by atoms with Crippen LogP contribution in [0, 0.1) is 0 Å². The van der Waals surface area contributed by atoms with Gasteiger partial charge < -0.3 is 10.1 Å². The van der Waals surface area contributed by atoms with Crippen LogP contribution in [0.5, 0.6) is 5.75 Å². The van der Waals surface area contributed by atoms with Crippen molar-refractivity contribution in [3.05, 3.63) is 59.1 Å². The number of anilines is 1. The minimum atomic E-state index is -0.631. The van der Waals surface area contributed by atoms with Crippen molar-refractivity contribution in [1.29, 1.82) is 0 Å². The molecular weight excluding hydrogens is 378 g/mol. The van der Waals surface area contributed by atoms with Crippen molar-refractivity contribution in [3.63, 3.8) is 0 Å². The zero-order valence-electron chi connectivity index (χ0n) is 15.8. The molecule has 3 N–H and O–H groups in total. The lowest BCUT2D eigenvalue weighted by molar-refractivity contribution is -0.131. The number of amides is 2. The molecule has 1 aliphatic carbocycles. The molecule has 1 aliphatic rings. The first-order valence-electron chi connectivity index (χ1n) is 9.27. The minimum absolute atomic E-state index is 0.00853. The molecule has 0 radical (unpaired) electrons. The van der Waals surface area contributed by atoms with Gasteiger partial charge in [-0.25, -0.2) is 0 Å². The highest BCUT2D eigenvalue weighted by Gasteiger charge is 2.42. The molecule has 3 rings (SSSR count). The van der Waals surface area contributed by atoms with E-state index in [1.807, 2.05) is 30.3 Å². The Kier molecular flexibility index (Phi) is 6.41. The number of benzene rings is 2. The lowest BCUT2D eigenvalue weighted by Gasteiger charge is -2.28. The van der Waals surface area contributed by atoms with Crippen molar-refractivity contribution in [3.8, 4) is 5.75 Å². The summed E-state index contributed by atoms with van der Waals surface area (Å²) in [5.41, 5.74) is 6.11. The molecule has 0 bridgehead atoms. The number of carbonyl (C=O) groups excluding carboxylic acids is 2. The number of hydrogen-bond donors (Lipinski definition) is 3. The van der Waals surface area contributed by atoms with Crippen LogP contribution in [-0.2, 0) is 15.0 Å². The number of hydrogen-bond acceptors (Lipinski definition) is 4. The van der Waals surface area contributed by atoms with E-state index in [0.29, 0.717) is 16.5 Å². The van der Waals surface area contributed by atoms with Crippen LogP contribution in [0.15, 0.2) is 48.5 Å². The SMILES string of the molecule is COc1ccccc1NCC(=O)NNC(=O)C1(c2ccc(Cl)cc2)CCCC1.